The highest BCUT2D eigenvalue weighted by Crippen LogP contribution is 2.42. The van der Waals surface area contributed by atoms with E-state index in [1.165, 1.54) is 29.8 Å². The van der Waals surface area contributed by atoms with Crippen LogP contribution in [-0.2, 0) is 15.1 Å². The molecular weight excluding hydrogens is 612 g/mol. The number of methoxy groups -OCH3 is 2. The second-order valence-corrected chi connectivity index (χ2v) is 11.6. The van der Waals surface area contributed by atoms with Crippen LogP contribution in [0, 0.1) is 6.92 Å². The van der Waals surface area contributed by atoms with Crippen molar-refractivity contribution in [3.8, 4) is 11.5 Å². The SMILES string of the molecule is COc1ccc(C(OCC2OC(n3cc(C)c(=O)n(C(=O)c4ccccc4)c3=O)CC2O)(c2ccccc2)c2ccc(OC)cc2)cc1. The van der Waals surface area contributed by atoms with Gasteiger partial charge in [0.25, 0.3) is 11.5 Å². The summed E-state index contributed by atoms with van der Waals surface area (Å²) in [5, 5.41) is 11.2. The predicted molar refractivity (Wildman–Crippen MR) is 179 cm³/mol. The first-order valence-electron chi connectivity index (χ1n) is 15.5. The van der Waals surface area contributed by atoms with Crippen molar-refractivity contribution in [2.45, 2.75) is 37.4 Å². The highest BCUT2D eigenvalue weighted by atomic mass is 16.6. The van der Waals surface area contributed by atoms with E-state index in [-0.39, 0.29) is 24.2 Å². The van der Waals surface area contributed by atoms with E-state index in [1.54, 1.807) is 32.4 Å². The van der Waals surface area contributed by atoms with Gasteiger partial charge in [-0.15, -0.1) is 0 Å². The highest BCUT2D eigenvalue weighted by Gasteiger charge is 2.42. The molecule has 0 radical (unpaired) electrons. The van der Waals surface area contributed by atoms with Gasteiger partial charge in [-0.3, -0.25) is 14.2 Å². The van der Waals surface area contributed by atoms with Gasteiger partial charge in [-0.1, -0.05) is 72.8 Å². The summed E-state index contributed by atoms with van der Waals surface area (Å²) >= 11 is 0. The molecule has 3 atom stereocenters. The number of aliphatic hydroxyl groups excluding tert-OH is 1. The molecule has 48 heavy (non-hydrogen) atoms. The van der Waals surface area contributed by atoms with E-state index < -0.39 is 41.2 Å². The van der Waals surface area contributed by atoms with E-state index in [2.05, 4.69) is 0 Å². The topological polar surface area (TPSA) is 118 Å². The normalized spacial score (nSPS) is 17.6. The van der Waals surface area contributed by atoms with Gasteiger partial charge in [0.05, 0.1) is 26.9 Å². The molecule has 1 saturated heterocycles. The van der Waals surface area contributed by atoms with Crippen molar-refractivity contribution in [3.05, 3.63) is 164 Å². The number of aryl methyl sites for hydroxylation is 1. The van der Waals surface area contributed by atoms with Crippen LogP contribution in [0.3, 0.4) is 0 Å². The van der Waals surface area contributed by atoms with Gasteiger partial charge >= 0.3 is 5.69 Å². The number of nitrogens with zero attached hydrogens (tertiary/aromatic N) is 2. The number of rotatable bonds is 10. The Balaban J connectivity index is 1.36. The van der Waals surface area contributed by atoms with E-state index in [0.29, 0.717) is 16.1 Å². The number of hydrogen-bond acceptors (Lipinski definition) is 8. The van der Waals surface area contributed by atoms with Crippen LogP contribution in [0.4, 0.5) is 0 Å². The summed E-state index contributed by atoms with van der Waals surface area (Å²) < 4.78 is 25.8. The number of carbonyl (C=O) groups excluding carboxylic acids is 1. The Hall–Kier alpha value is -5.29. The molecule has 0 saturated carbocycles. The van der Waals surface area contributed by atoms with Gasteiger partial charge in [0.1, 0.15) is 29.4 Å². The first-order valence-corrected chi connectivity index (χ1v) is 15.5. The van der Waals surface area contributed by atoms with Crippen LogP contribution in [0.25, 0.3) is 0 Å². The second kappa shape index (κ2) is 13.8. The van der Waals surface area contributed by atoms with Crippen LogP contribution in [0.5, 0.6) is 11.5 Å². The molecule has 0 bridgehead atoms. The summed E-state index contributed by atoms with van der Waals surface area (Å²) in [6.45, 7) is 1.46. The number of hydrogen-bond donors (Lipinski definition) is 1. The minimum absolute atomic E-state index is 0.0362. The van der Waals surface area contributed by atoms with Crippen LogP contribution in [0.1, 0.15) is 45.3 Å². The Kier molecular flexibility index (Phi) is 9.40. The third-order valence-electron chi connectivity index (χ3n) is 8.66. The maximum absolute atomic E-state index is 13.6. The lowest BCUT2D eigenvalue weighted by atomic mass is 9.80. The number of aliphatic hydroxyl groups is 1. The van der Waals surface area contributed by atoms with Gasteiger partial charge in [-0.05, 0) is 60.0 Å². The molecule has 246 valence electrons. The van der Waals surface area contributed by atoms with E-state index >= 15 is 0 Å². The number of benzene rings is 4. The Morgan fingerprint density at radius 2 is 1.33 bits per heavy atom. The van der Waals surface area contributed by atoms with Crippen molar-refractivity contribution in [2.24, 2.45) is 0 Å². The molecule has 3 unspecified atom stereocenters. The molecule has 2 heterocycles. The van der Waals surface area contributed by atoms with Gasteiger partial charge in [0.2, 0.25) is 0 Å². The van der Waals surface area contributed by atoms with Crippen molar-refractivity contribution >= 4 is 5.91 Å². The van der Waals surface area contributed by atoms with Crippen LogP contribution in [0.2, 0.25) is 0 Å². The average Bonchev–Trinajstić information content (AvgIpc) is 3.51. The number of carbonyl (C=O) groups is 1. The summed E-state index contributed by atoms with van der Waals surface area (Å²) in [6.07, 6.45) is -1.43. The zero-order chi connectivity index (χ0) is 33.8. The van der Waals surface area contributed by atoms with Gasteiger partial charge in [-0.2, -0.15) is 4.57 Å². The summed E-state index contributed by atoms with van der Waals surface area (Å²) in [6, 6.07) is 33.0. The van der Waals surface area contributed by atoms with Gasteiger partial charge < -0.3 is 24.1 Å². The molecular formula is C38H36N2O8. The molecule has 1 aromatic heterocycles. The molecule has 10 nitrogen and oxygen atoms in total. The van der Waals surface area contributed by atoms with Gasteiger partial charge in [0, 0.05) is 23.7 Å². The predicted octanol–water partition coefficient (Wildman–Crippen LogP) is 4.68. The lowest BCUT2D eigenvalue weighted by molar-refractivity contribution is -0.0945. The number of ether oxygens (including phenoxy) is 4. The molecule has 1 aliphatic heterocycles. The minimum Gasteiger partial charge on any atom is -0.497 e. The Morgan fingerprint density at radius 1 is 0.812 bits per heavy atom. The zero-order valence-corrected chi connectivity index (χ0v) is 26.8. The fraction of sp³-hybridized carbons (Fsp3) is 0.237. The molecule has 0 aliphatic carbocycles. The van der Waals surface area contributed by atoms with Crippen molar-refractivity contribution in [3.63, 3.8) is 0 Å². The largest absolute Gasteiger partial charge is 0.497 e. The molecule has 1 aliphatic rings. The zero-order valence-electron chi connectivity index (χ0n) is 26.8. The molecule has 6 rings (SSSR count). The molecule has 5 aromatic rings. The second-order valence-electron chi connectivity index (χ2n) is 11.6. The average molecular weight is 649 g/mol. The first kappa shape index (κ1) is 32.6. The fourth-order valence-electron chi connectivity index (χ4n) is 6.11. The van der Waals surface area contributed by atoms with Crippen LogP contribution >= 0.6 is 0 Å². The third-order valence-corrected chi connectivity index (χ3v) is 8.66. The van der Waals surface area contributed by atoms with Crippen molar-refractivity contribution in [1.82, 2.24) is 9.13 Å². The maximum atomic E-state index is 13.6. The lowest BCUT2D eigenvalue weighted by Gasteiger charge is -2.37. The third kappa shape index (κ3) is 6.09. The molecule has 10 heteroatoms. The van der Waals surface area contributed by atoms with Crippen molar-refractivity contribution in [1.29, 1.82) is 0 Å². The fourth-order valence-corrected chi connectivity index (χ4v) is 6.11. The molecule has 4 aromatic carbocycles. The van der Waals surface area contributed by atoms with E-state index in [9.17, 15) is 19.5 Å². The molecule has 0 amide bonds. The monoisotopic (exact) mass is 648 g/mol. The summed E-state index contributed by atoms with van der Waals surface area (Å²) in [5.74, 6) is 0.620. The highest BCUT2D eigenvalue weighted by molar-refractivity contribution is 5.95. The molecule has 1 N–H and O–H groups in total. The summed E-state index contributed by atoms with van der Waals surface area (Å²) in [5.41, 5.74) is 0.111. The Bertz CT molecular complexity index is 1940. The van der Waals surface area contributed by atoms with Crippen LogP contribution in [0.15, 0.2) is 125 Å². The maximum Gasteiger partial charge on any atom is 0.340 e. The Morgan fingerprint density at radius 3 is 1.88 bits per heavy atom. The summed E-state index contributed by atoms with van der Waals surface area (Å²) in [7, 11) is 3.20. The van der Waals surface area contributed by atoms with Crippen molar-refractivity contribution < 1.29 is 28.8 Å². The van der Waals surface area contributed by atoms with Crippen LogP contribution < -0.4 is 20.7 Å². The molecule has 0 spiro atoms. The van der Waals surface area contributed by atoms with Crippen LogP contribution in [-0.4, -0.2) is 53.2 Å². The van der Waals surface area contributed by atoms with E-state index in [0.717, 1.165) is 16.7 Å². The Labute approximate surface area is 277 Å². The standard InChI is InChI=1S/C38H36N2O8/c1-25-23-39(37(44)40(35(25)42)36(43)26-10-6-4-7-11-26)34-22-32(41)33(48-34)24-47-38(27-12-8-5-9-13-27,28-14-18-30(45-2)19-15-28)29-16-20-31(46-3)21-17-29/h4-21,23,32-34,41H,22,24H2,1-3H3. The summed E-state index contributed by atoms with van der Waals surface area (Å²) in [4.78, 5) is 39.9. The van der Waals surface area contributed by atoms with E-state index in [4.69, 9.17) is 18.9 Å². The quantitative estimate of drug-likeness (QED) is 0.217. The van der Waals surface area contributed by atoms with Gasteiger partial charge in [0.15, 0.2) is 0 Å². The minimum atomic E-state index is -1.15. The smallest absolute Gasteiger partial charge is 0.340 e. The number of aromatic nitrogens is 2. The first-order chi connectivity index (χ1) is 23.3. The van der Waals surface area contributed by atoms with E-state index in [1.807, 2.05) is 78.9 Å². The van der Waals surface area contributed by atoms with Crippen molar-refractivity contribution in [2.75, 3.05) is 20.8 Å². The lowest BCUT2D eigenvalue weighted by Crippen LogP contribution is -2.45. The van der Waals surface area contributed by atoms with Gasteiger partial charge in [-0.25, -0.2) is 4.79 Å². The molecule has 1 fully saturated rings.